The molecule has 2 aromatic carbocycles. The van der Waals surface area contributed by atoms with Crippen molar-refractivity contribution < 1.29 is 9.18 Å². The van der Waals surface area contributed by atoms with E-state index in [4.69, 9.17) is 0 Å². The Morgan fingerprint density at radius 1 is 0.920 bits per heavy atom. The van der Waals surface area contributed by atoms with Crippen molar-refractivity contribution in [3.05, 3.63) is 89.9 Å². The third kappa shape index (κ3) is 5.14. The molecule has 2 N–H and O–H groups in total. The fourth-order valence-corrected chi connectivity index (χ4v) is 2.35. The summed E-state index contributed by atoms with van der Waals surface area (Å²) in [7, 11) is 0. The summed E-state index contributed by atoms with van der Waals surface area (Å²) in [6, 6.07) is 19.5. The average Bonchev–Trinajstić information content (AvgIpc) is 2.63. The van der Waals surface area contributed by atoms with E-state index in [0.717, 1.165) is 16.8 Å². The number of carbonyl (C=O) groups is 1. The van der Waals surface area contributed by atoms with Crippen LogP contribution in [-0.4, -0.2) is 10.9 Å². The molecule has 126 valence electrons. The lowest BCUT2D eigenvalue weighted by Crippen LogP contribution is -2.15. The first-order valence-corrected chi connectivity index (χ1v) is 7.97. The Kier molecular flexibility index (Phi) is 5.36. The number of nitrogens with zero attached hydrogens (tertiary/aromatic N) is 1. The summed E-state index contributed by atoms with van der Waals surface area (Å²) in [4.78, 5) is 16.2. The molecule has 25 heavy (non-hydrogen) atoms. The van der Waals surface area contributed by atoms with Crippen LogP contribution in [0.2, 0.25) is 0 Å². The Bertz CT molecular complexity index is 818. The number of hydrogen-bond acceptors (Lipinski definition) is 3. The summed E-state index contributed by atoms with van der Waals surface area (Å²) in [6.45, 7) is 0.571. The van der Waals surface area contributed by atoms with Crippen LogP contribution in [0.1, 0.15) is 11.1 Å². The molecule has 3 aromatic rings. The summed E-state index contributed by atoms with van der Waals surface area (Å²) in [5, 5.41) is 5.98. The van der Waals surface area contributed by atoms with Gasteiger partial charge in [-0.2, -0.15) is 0 Å². The summed E-state index contributed by atoms with van der Waals surface area (Å²) in [6.07, 6.45) is 1.97. The summed E-state index contributed by atoms with van der Waals surface area (Å²) < 4.78 is 12.9. The van der Waals surface area contributed by atoms with Gasteiger partial charge in [0.1, 0.15) is 11.6 Å². The van der Waals surface area contributed by atoms with Crippen LogP contribution in [0.3, 0.4) is 0 Å². The Morgan fingerprint density at radius 2 is 1.68 bits per heavy atom. The number of anilines is 2. The van der Waals surface area contributed by atoms with E-state index >= 15 is 0 Å². The van der Waals surface area contributed by atoms with Gasteiger partial charge in [0, 0.05) is 6.54 Å². The minimum Gasteiger partial charge on any atom is -0.380 e. The van der Waals surface area contributed by atoms with Gasteiger partial charge in [-0.1, -0.05) is 42.5 Å². The number of pyridine rings is 1. The van der Waals surface area contributed by atoms with Crippen molar-refractivity contribution >= 4 is 17.4 Å². The Morgan fingerprint density at radius 3 is 2.36 bits per heavy atom. The topological polar surface area (TPSA) is 54.0 Å². The highest BCUT2D eigenvalue weighted by Crippen LogP contribution is 2.12. The molecule has 0 saturated heterocycles. The van der Waals surface area contributed by atoms with E-state index in [1.807, 2.05) is 36.4 Å². The number of nitrogens with one attached hydrogen (secondary N) is 2. The first-order valence-electron chi connectivity index (χ1n) is 7.97. The second kappa shape index (κ2) is 8.06. The lowest BCUT2D eigenvalue weighted by Gasteiger charge is -2.08. The van der Waals surface area contributed by atoms with E-state index in [-0.39, 0.29) is 11.7 Å². The number of benzene rings is 2. The van der Waals surface area contributed by atoms with Crippen LogP contribution in [0.25, 0.3) is 0 Å². The van der Waals surface area contributed by atoms with Crippen molar-refractivity contribution in [2.24, 2.45) is 0 Å². The molecule has 0 atom stereocenters. The highest BCUT2D eigenvalue weighted by atomic mass is 19.1. The Balaban J connectivity index is 1.51. The molecule has 1 heterocycles. The molecule has 0 saturated carbocycles. The van der Waals surface area contributed by atoms with Gasteiger partial charge < -0.3 is 10.6 Å². The van der Waals surface area contributed by atoms with Gasteiger partial charge in [-0.3, -0.25) is 4.79 Å². The lowest BCUT2D eigenvalue weighted by molar-refractivity contribution is -0.115. The molecule has 4 nitrogen and oxygen atoms in total. The molecule has 5 heteroatoms. The second-order valence-electron chi connectivity index (χ2n) is 5.62. The SMILES string of the molecule is O=C(Cc1ccccc1)Nc1ccc(NCc2ccc(F)cc2)cn1. The zero-order valence-electron chi connectivity index (χ0n) is 13.6. The van der Waals surface area contributed by atoms with Gasteiger partial charge in [0.25, 0.3) is 0 Å². The highest BCUT2D eigenvalue weighted by Gasteiger charge is 2.05. The number of hydrogen-bond donors (Lipinski definition) is 2. The van der Waals surface area contributed by atoms with E-state index in [1.54, 1.807) is 24.4 Å². The molecule has 0 fully saturated rings. The fourth-order valence-electron chi connectivity index (χ4n) is 2.35. The molecular formula is C20H18FN3O. The van der Waals surface area contributed by atoms with E-state index in [1.165, 1.54) is 12.1 Å². The Hall–Kier alpha value is -3.21. The van der Waals surface area contributed by atoms with Crippen LogP contribution in [0.15, 0.2) is 72.9 Å². The largest absolute Gasteiger partial charge is 0.380 e. The van der Waals surface area contributed by atoms with Crippen molar-refractivity contribution in [1.82, 2.24) is 4.98 Å². The molecule has 0 spiro atoms. The van der Waals surface area contributed by atoms with Gasteiger partial charge in [0.05, 0.1) is 18.3 Å². The van der Waals surface area contributed by atoms with Gasteiger partial charge in [0.2, 0.25) is 5.91 Å². The summed E-state index contributed by atoms with van der Waals surface area (Å²) >= 11 is 0. The maximum atomic E-state index is 12.9. The molecule has 0 aliphatic carbocycles. The first kappa shape index (κ1) is 16.6. The van der Waals surface area contributed by atoms with Crippen molar-refractivity contribution in [3.8, 4) is 0 Å². The van der Waals surface area contributed by atoms with Crippen molar-refractivity contribution in [2.45, 2.75) is 13.0 Å². The number of halogens is 1. The predicted octanol–water partition coefficient (Wildman–Crippen LogP) is 4.01. The average molecular weight is 335 g/mol. The molecule has 0 radical (unpaired) electrons. The first-order chi connectivity index (χ1) is 12.2. The second-order valence-corrected chi connectivity index (χ2v) is 5.62. The van der Waals surface area contributed by atoms with Crippen LogP contribution in [-0.2, 0) is 17.8 Å². The van der Waals surface area contributed by atoms with Crippen LogP contribution in [0, 0.1) is 5.82 Å². The minimum absolute atomic E-state index is 0.106. The summed E-state index contributed by atoms with van der Waals surface area (Å²) in [5.74, 6) is 0.153. The van der Waals surface area contributed by atoms with Crippen molar-refractivity contribution in [2.75, 3.05) is 10.6 Å². The standard InChI is InChI=1S/C20H18FN3O/c21-17-8-6-16(7-9-17)13-22-18-10-11-19(23-14-18)24-20(25)12-15-4-2-1-3-5-15/h1-11,14,22H,12-13H2,(H,23,24,25). The summed E-state index contributed by atoms with van der Waals surface area (Å²) in [5.41, 5.74) is 2.75. The van der Waals surface area contributed by atoms with Crippen molar-refractivity contribution in [1.29, 1.82) is 0 Å². The van der Waals surface area contributed by atoms with Crippen LogP contribution in [0.5, 0.6) is 0 Å². The smallest absolute Gasteiger partial charge is 0.229 e. The molecule has 1 aromatic heterocycles. The van der Waals surface area contributed by atoms with Crippen LogP contribution < -0.4 is 10.6 Å². The van der Waals surface area contributed by atoms with Gasteiger partial charge in [0.15, 0.2) is 0 Å². The monoisotopic (exact) mass is 335 g/mol. The Labute approximate surface area is 145 Å². The highest BCUT2D eigenvalue weighted by molar-refractivity contribution is 5.91. The maximum Gasteiger partial charge on any atom is 0.229 e. The zero-order valence-corrected chi connectivity index (χ0v) is 13.6. The zero-order chi connectivity index (χ0) is 17.5. The molecule has 0 aliphatic rings. The number of aromatic nitrogens is 1. The molecule has 0 aliphatic heterocycles. The molecule has 0 bridgehead atoms. The fraction of sp³-hybridized carbons (Fsp3) is 0.100. The van der Waals surface area contributed by atoms with Gasteiger partial charge in [-0.15, -0.1) is 0 Å². The predicted molar refractivity (Wildman–Crippen MR) is 96.7 cm³/mol. The van der Waals surface area contributed by atoms with E-state index in [9.17, 15) is 9.18 Å². The third-order valence-corrected chi connectivity index (χ3v) is 3.65. The quantitative estimate of drug-likeness (QED) is 0.715. The molecule has 1 amide bonds. The van der Waals surface area contributed by atoms with Gasteiger partial charge in [-0.25, -0.2) is 9.37 Å². The van der Waals surface area contributed by atoms with Gasteiger partial charge >= 0.3 is 0 Å². The van der Waals surface area contributed by atoms with E-state index < -0.39 is 0 Å². The van der Waals surface area contributed by atoms with E-state index in [2.05, 4.69) is 15.6 Å². The molecule has 3 rings (SSSR count). The normalized spacial score (nSPS) is 10.3. The molecule has 0 unspecified atom stereocenters. The van der Waals surface area contributed by atoms with Crippen molar-refractivity contribution in [3.63, 3.8) is 0 Å². The van der Waals surface area contributed by atoms with Gasteiger partial charge in [-0.05, 0) is 35.4 Å². The number of amides is 1. The lowest BCUT2D eigenvalue weighted by atomic mass is 10.1. The number of carbonyl (C=O) groups excluding carboxylic acids is 1. The van der Waals surface area contributed by atoms with Crippen LogP contribution in [0.4, 0.5) is 15.9 Å². The minimum atomic E-state index is -0.249. The third-order valence-electron chi connectivity index (χ3n) is 3.65. The number of rotatable bonds is 6. The van der Waals surface area contributed by atoms with E-state index in [0.29, 0.717) is 18.8 Å². The van der Waals surface area contributed by atoms with Crippen LogP contribution >= 0.6 is 0 Å². The molecular weight excluding hydrogens is 317 g/mol. The maximum absolute atomic E-state index is 12.9.